The van der Waals surface area contributed by atoms with Crippen molar-refractivity contribution < 1.29 is 4.79 Å². The molecule has 4 nitrogen and oxygen atoms in total. The number of aromatic nitrogens is 2. The van der Waals surface area contributed by atoms with Gasteiger partial charge in [-0.3, -0.25) is 4.79 Å². The summed E-state index contributed by atoms with van der Waals surface area (Å²) in [5, 5.41) is 4.91. The molecule has 28 heavy (non-hydrogen) atoms. The summed E-state index contributed by atoms with van der Waals surface area (Å²) in [5.74, 6) is 1.32. The molecule has 4 aromatic rings. The molecule has 0 aliphatic rings. The van der Waals surface area contributed by atoms with Crippen molar-refractivity contribution in [2.45, 2.75) is 32.9 Å². The van der Waals surface area contributed by atoms with Gasteiger partial charge >= 0.3 is 0 Å². The molecule has 0 spiro atoms. The van der Waals surface area contributed by atoms with E-state index in [1.807, 2.05) is 35.7 Å². The average molecular weight is 390 g/mol. The number of carbonyl (C=O) groups is 1. The number of imidazole rings is 1. The zero-order chi connectivity index (χ0) is 19.5. The highest BCUT2D eigenvalue weighted by atomic mass is 32.1. The Hall–Kier alpha value is -2.92. The molecule has 0 saturated heterocycles. The van der Waals surface area contributed by atoms with Crippen molar-refractivity contribution in [3.63, 3.8) is 0 Å². The van der Waals surface area contributed by atoms with Gasteiger partial charge in [-0.15, -0.1) is 11.3 Å². The van der Waals surface area contributed by atoms with Gasteiger partial charge in [0, 0.05) is 6.54 Å². The summed E-state index contributed by atoms with van der Waals surface area (Å²) in [6.45, 7) is 5.53. The number of nitrogens with zero attached hydrogens (tertiary/aromatic N) is 2. The predicted molar refractivity (Wildman–Crippen MR) is 115 cm³/mol. The first-order chi connectivity index (χ1) is 13.6. The van der Waals surface area contributed by atoms with Gasteiger partial charge in [0.2, 0.25) is 0 Å². The molecule has 1 N–H and O–H groups in total. The molecule has 142 valence electrons. The monoisotopic (exact) mass is 389 g/mol. The zero-order valence-corrected chi connectivity index (χ0v) is 16.9. The van der Waals surface area contributed by atoms with Gasteiger partial charge in [-0.1, -0.05) is 56.3 Å². The Balaban J connectivity index is 1.60. The Morgan fingerprint density at radius 1 is 1.07 bits per heavy atom. The Bertz CT molecular complexity index is 1080. The van der Waals surface area contributed by atoms with Crippen LogP contribution in [0.4, 0.5) is 0 Å². The fourth-order valence-electron chi connectivity index (χ4n) is 3.28. The minimum absolute atomic E-state index is 0.0603. The van der Waals surface area contributed by atoms with Crippen LogP contribution < -0.4 is 5.32 Å². The molecule has 5 heteroatoms. The van der Waals surface area contributed by atoms with Crippen molar-refractivity contribution in [1.82, 2.24) is 14.9 Å². The van der Waals surface area contributed by atoms with Gasteiger partial charge in [0.15, 0.2) is 0 Å². The Morgan fingerprint density at radius 3 is 2.57 bits per heavy atom. The number of para-hydroxylation sites is 2. The molecule has 0 aliphatic carbocycles. The number of hydrogen-bond acceptors (Lipinski definition) is 3. The fourth-order valence-corrected chi connectivity index (χ4v) is 3.92. The third-order valence-electron chi connectivity index (χ3n) is 4.87. The molecule has 2 heterocycles. The highest BCUT2D eigenvalue weighted by Gasteiger charge is 2.13. The topological polar surface area (TPSA) is 46.9 Å². The van der Waals surface area contributed by atoms with Crippen LogP contribution in [-0.2, 0) is 13.1 Å². The Morgan fingerprint density at radius 2 is 1.86 bits per heavy atom. The third kappa shape index (κ3) is 3.85. The van der Waals surface area contributed by atoms with E-state index >= 15 is 0 Å². The van der Waals surface area contributed by atoms with Gasteiger partial charge in [0.05, 0.1) is 22.5 Å². The molecule has 0 fully saturated rings. The first kappa shape index (κ1) is 18.4. The summed E-state index contributed by atoms with van der Waals surface area (Å²) in [6, 6.07) is 20.6. The van der Waals surface area contributed by atoms with Crippen molar-refractivity contribution in [1.29, 1.82) is 0 Å². The Kier molecular flexibility index (Phi) is 5.26. The molecule has 0 bridgehead atoms. The minimum atomic E-state index is -0.0603. The van der Waals surface area contributed by atoms with E-state index in [2.05, 4.69) is 54.1 Å². The molecular weight excluding hydrogens is 366 g/mol. The molecule has 0 radical (unpaired) electrons. The Labute approximate surface area is 168 Å². The van der Waals surface area contributed by atoms with Crippen LogP contribution in [0.1, 0.15) is 46.4 Å². The van der Waals surface area contributed by atoms with Crippen LogP contribution in [0.5, 0.6) is 0 Å². The van der Waals surface area contributed by atoms with E-state index in [-0.39, 0.29) is 5.91 Å². The van der Waals surface area contributed by atoms with Gasteiger partial charge in [-0.05, 0) is 40.6 Å². The number of hydrogen-bond donors (Lipinski definition) is 1. The van der Waals surface area contributed by atoms with Crippen LogP contribution in [0.15, 0.2) is 66.0 Å². The summed E-state index contributed by atoms with van der Waals surface area (Å²) in [7, 11) is 0. The molecular formula is C23H23N3OS. The third-order valence-corrected chi connectivity index (χ3v) is 5.74. The summed E-state index contributed by atoms with van der Waals surface area (Å²) >= 11 is 1.44. The van der Waals surface area contributed by atoms with E-state index in [1.54, 1.807) is 0 Å². The van der Waals surface area contributed by atoms with Crippen LogP contribution in [0, 0.1) is 0 Å². The second kappa shape index (κ2) is 7.98. The summed E-state index contributed by atoms with van der Waals surface area (Å²) in [6.07, 6.45) is 0. The lowest BCUT2D eigenvalue weighted by Gasteiger charge is -2.12. The maximum atomic E-state index is 12.3. The smallest absolute Gasteiger partial charge is 0.261 e. The zero-order valence-electron chi connectivity index (χ0n) is 16.1. The van der Waals surface area contributed by atoms with Crippen LogP contribution in [0.2, 0.25) is 0 Å². The van der Waals surface area contributed by atoms with E-state index in [0.717, 1.165) is 23.4 Å². The van der Waals surface area contributed by atoms with E-state index in [0.29, 0.717) is 17.3 Å². The first-order valence-electron chi connectivity index (χ1n) is 9.46. The quantitative estimate of drug-likeness (QED) is 0.493. The molecule has 0 saturated carbocycles. The van der Waals surface area contributed by atoms with Crippen molar-refractivity contribution in [2.24, 2.45) is 0 Å². The number of nitrogens with one attached hydrogen (secondary N) is 1. The number of fused-ring (bicyclic) bond motifs is 1. The van der Waals surface area contributed by atoms with E-state index in [4.69, 9.17) is 4.98 Å². The highest BCUT2D eigenvalue weighted by molar-refractivity contribution is 7.12. The molecule has 0 unspecified atom stereocenters. The number of rotatable bonds is 6. The summed E-state index contributed by atoms with van der Waals surface area (Å²) < 4.78 is 2.19. The van der Waals surface area contributed by atoms with E-state index in [1.165, 1.54) is 22.5 Å². The van der Waals surface area contributed by atoms with Crippen molar-refractivity contribution in [3.05, 3.63) is 87.9 Å². The maximum Gasteiger partial charge on any atom is 0.261 e. The lowest BCUT2D eigenvalue weighted by Crippen LogP contribution is -2.24. The maximum absolute atomic E-state index is 12.3. The van der Waals surface area contributed by atoms with Gasteiger partial charge in [0.1, 0.15) is 5.82 Å². The second-order valence-corrected chi connectivity index (χ2v) is 8.11. The average Bonchev–Trinajstić information content (AvgIpc) is 3.35. The van der Waals surface area contributed by atoms with Crippen LogP contribution in [0.25, 0.3) is 11.0 Å². The normalized spacial score (nSPS) is 11.2. The standard InChI is InChI=1S/C23H23N3OS/c1-16(2)18-11-9-17(10-12-18)15-26-20-7-4-3-6-19(20)25-22(26)14-24-23(27)21-8-5-13-28-21/h3-13,16H,14-15H2,1-2H3,(H,24,27). The number of thiophene rings is 1. The number of carbonyl (C=O) groups excluding carboxylic acids is 1. The lowest BCUT2D eigenvalue weighted by atomic mass is 10.0. The SMILES string of the molecule is CC(C)c1ccc(Cn2c(CNC(=O)c3cccs3)nc3ccccc32)cc1. The lowest BCUT2D eigenvalue weighted by molar-refractivity contribution is 0.0953. The van der Waals surface area contributed by atoms with Crippen LogP contribution in [-0.4, -0.2) is 15.5 Å². The minimum Gasteiger partial charge on any atom is -0.344 e. The molecule has 4 rings (SSSR count). The van der Waals surface area contributed by atoms with Crippen molar-refractivity contribution in [2.75, 3.05) is 0 Å². The number of amides is 1. The van der Waals surface area contributed by atoms with E-state index < -0.39 is 0 Å². The van der Waals surface area contributed by atoms with Gasteiger partial charge in [-0.25, -0.2) is 4.98 Å². The van der Waals surface area contributed by atoms with Gasteiger partial charge in [-0.2, -0.15) is 0 Å². The van der Waals surface area contributed by atoms with Crippen LogP contribution >= 0.6 is 11.3 Å². The van der Waals surface area contributed by atoms with E-state index in [9.17, 15) is 4.79 Å². The molecule has 2 aromatic carbocycles. The van der Waals surface area contributed by atoms with Crippen LogP contribution in [0.3, 0.4) is 0 Å². The molecule has 1 amide bonds. The first-order valence-corrected chi connectivity index (χ1v) is 10.3. The van der Waals surface area contributed by atoms with Crippen molar-refractivity contribution >= 4 is 28.3 Å². The predicted octanol–water partition coefficient (Wildman–Crippen LogP) is 5.20. The van der Waals surface area contributed by atoms with Crippen molar-refractivity contribution in [3.8, 4) is 0 Å². The van der Waals surface area contributed by atoms with Gasteiger partial charge < -0.3 is 9.88 Å². The van der Waals surface area contributed by atoms with Gasteiger partial charge in [0.25, 0.3) is 5.91 Å². The largest absolute Gasteiger partial charge is 0.344 e. The molecule has 0 aliphatic heterocycles. The fraction of sp³-hybridized carbons (Fsp3) is 0.217. The molecule has 2 aromatic heterocycles. The number of benzene rings is 2. The highest BCUT2D eigenvalue weighted by Crippen LogP contribution is 2.20. The second-order valence-electron chi connectivity index (χ2n) is 7.16. The molecule has 0 atom stereocenters. The summed E-state index contributed by atoms with van der Waals surface area (Å²) in [4.78, 5) is 17.8. The summed E-state index contributed by atoms with van der Waals surface area (Å²) in [5.41, 5.74) is 4.58.